The highest BCUT2D eigenvalue weighted by molar-refractivity contribution is 7.99. The first-order chi connectivity index (χ1) is 12.2. The number of anilines is 2. The van der Waals surface area contributed by atoms with Crippen molar-refractivity contribution in [3.63, 3.8) is 0 Å². The highest BCUT2D eigenvalue weighted by atomic mass is 32.2. The minimum Gasteiger partial charge on any atom is -0.497 e. The fourth-order valence-electron chi connectivity index (χ4n) is 2.33. The molecule has 0 aliphatic heterocycles. The number of methoxy groups -OCH3 is 2. The van der Waals surface area contributed by atoms with E-state index in [1.54, 1.807) is 20.3 Å². The molecule has 1 N–H and O–H groups in total. The molecule has 0 aliphatic carbocycles. The third-order valence-corrected chi connectivity index (χ3v) is 4.18. The molecule has 0 radical (unpaired) electrons. The molecule has 1 heterocycles. The zero-order valence-corrected chi connectivity index (χ0v) is 14.6. The molecule has 0 bridgehead atoms. The molecule has 126 valence electrons. The van der Waals surface area contributed by atoms with Crippen LogP contribution in [0.2, 0.25) is 0 Å². The second-order valence-electron chi connectivity index (χ2n) is 5.05. The lowest BCUT2D eigenvalue weighted by Crippen LogP contribution is -1.99. The number of rotatable bonds is 6. The lowest BCUT2D eigenvalue weighted by Gasteiger charge is -2.12. The maximum atomic E-state index is 8.79. The maximum Gasteiger partial charge on any atom is 0.191 e. The van der Waals surface area contributed by atoms with Crippen molar-refractivity contribution in [2.24, 2.45) is 0 Å². The molecule has 25 heavy (non-hydrogen) atoms. The van der Waals surface area contributed by atoms with Crippen molar-refractivity contribution >= 4 is 34.2 Å². The predicted molar refractivity (Wildman–Crippen MR) is 98.7 cm³/mol. The van der Waals surface area contributed by atoms with E-state index in [1.165, 1.54) is 11.8 Å². The van der Waals surface area contributed by atoms with Gasteiger partial charge in [0.25, 0.3) is 0 Å². The smallest absolute Gasteiger partial charge is 0.191 e. The molecular formula is C18H16N4O2S. The average Bonchev–Trinajstić information content (AvgIpc) is 2.66. The van der Waals surface area contributed by atoms with Gasteiger partial charge in [0.1, 0.15) is 17.3 Å². The Morgan fingerprint density at radius 3 is 2.48 bits per heavy atom. The lowest BCUT2D eigenvalue weighted by molar-refractivity contribution is 0.395. The second-order valence-corrected chi connectivity index (χ2v) is 5.99. The molecule has 0 fully saturated rings. The molecule has 1 aromatic heterocycles. The van der Waals surface area contributed by atoms with Crippen LogP contribution in [0.25, 0.3) is 10.9 Å². The van der Waals surface area contributed by atoms with Crippen LogP contribution in [-0.4, -0.2) is 29.9 Å². The van der Waals surface area contributed by atoms with Gasteiger partial charge in [-0.25, -0.2) is 9.97 Å². The molecule has 2 aromatic carbocycles. The van der Waals surface area contributed by atoms with E-state index in [9.17, 15) is 0 Å². The van der Waals surface area contributed by atoms with Crippen LogP contribution in [0, 0.1) is 11.3 Å². The van der Waals surface area contributed by atoms with Crippen LogP contribution in [0.15, 0.2) is 47.6 Å². The Hall–Kier alpha value is -2.98. The molecule has 3 aromatic rings. The van der Waals surface area contributed by atoms with Gasteiger partial charge in [-0.2, -0.15) is 5.26 Å². The zero-order valence-electron chi connectivity index (χ0n) is 13.8. The van der Waals surface area contributed by atoms with Crippen molar-refractivity contribution in [3.05, 3.63) is 42.5 Å². The van der Waals surface area contributed by atoms with Crippen molar-refractivity contribution in [1.82, 2.24) is 9.97 Å². The molecule has 0 aliphatic rings. The summed E-state index contributed by atoms with van der Waals surface area (Å²) in [6.07, 6.45) is 0. The Morgan fingerprint density at radius 1 is 1.08 bits per heavy atom. The van der Waals surface area contributed by atoms with E-state index in [2.05, 4.69) is 21.4 Å². The van der Waals surface area contributed by atoms with Crippen LogP contribution < -0.4 is 14.8 Å². The molecule has 7 heteroatoms. The predicted octanol–water partition coefficient (Wildman–Crippen LogP) is 4.01. The topological polar surface area (TPSA) is 80.1 Å². The molecule has 0 unspecified atom stereocenters. The minimum atomic E-state index is 0.296. The van der Waals surface area contributed by atoms with Crippen LogP contribution in [-0.2, 0) is 0 Å². The van der Waals surface area contributed by atoms with Crippen molar-refractivity contribution in [2.75, 3.05) is 25.3 Å². The van der Waals surface area contributed by atoms with Crippen LogP contribution in [0.3, 0.4) is 0 Å². The Morgan fingerprint density at radius 2 is 1.80 bits per heavy atom. The molecule has 6 nitrogen and oxygen atoms in total. The highest BCUT2D eigenvalue weighted by Crippen LogP contribution is 2.31. The van der Waals surface area contributed by atoms with E-state index in [0.29, 0.717) is 28.2 Å². The molecule has 0 saturated carbocycles. The summed E-state index contributed by atoms with van der Waals surface area (Å²) in [5, 5.41) is 13.5. The van der Waals surface area contributed by atoms with E-state index in [1.807, 2.05) is 36.4 Å². The van der Waals surface area contributed by atoms with Crippen molar-refractivity contribution in [3.8, 4) is 17.6 Å². The van der Waals surface area contributed by atoms with Crippen molar-refractivity contribution in [1.29, 1.82) is 5.26 Å². The molecule has 3 rings (SSSR count). The fraction of sp³-hybridized carbons (Fsp3) is 0.167. The van der Waals surface area contributed by atoms with Gasteiger partial charge in [0, 0.05) is 29.3 Å². The van der Waals surface area contributed by atoms with Gasteiger partial charge in [-0.1, -0.05) is 23.9 Å². The van der Waals surface area contributed by atoms with Gasteiger partial charge in [-0.05, 0) is 12.1 Å². The first kappa shape index (κ1) is 16.9. The number of hydrogen-bond acceptors (Lipinski definition) is 7. The van der Waals surface area contributed by atoms with E-state index >= 15 is 0 Å². The van der Waals surface area contributed by atoms with Crippen LogP contribution >= 0.6 is 11.8 Å². The molecule has 0 saturated heterocycles. The van der Waals surface area contributed by atoms with Crippen molar-refractivity contribution < 1.29 is 9.47 Å². The number of aromatic nitrogens is 2. The first-order valence-corrected chi connectivity index (χ1v) is 8.48. The summed E-state index contributed by atoms with van der Waals surface area (Å²) in [6.45, 7) is 0. The summed E-state index contributed by atoms with van der Waals surface area (Å²) in [7, 11) is 3.21. The van der Waals surface area contributed by atoms with Crippen LogP contribution in [0.4, 0.5) is 11.5 Å². The number of hydrogen-bond donors (Lipinski definition) is 1. The zero-order chi connectivity index (χ0) is 17.6. The summed E-state index contributed by atoms with van der Waals surface area (Å²) >= 11 is 1.30. The Balaban J connectivity index is 2.04. The van der Waals surface area contributed by atoms with Gasteiger partial charge in [0.05, 0.1) is 31.6 Å². The van der Waals surface area contributed by atoms with Gasteiger partial charge in [-0.15, -0.1) is 0 Å². The minimum absolute atomic E-state index is 0.296. The Kier molecular flexibility index (Phi) is 5.21. The Bertz CT molecular complexity index is 918. The average molecular weight is 352 g/mol. The largest absolute Gasteiger partial charge is 0.497 e. The summed E-state index contributed by atoms with van der Waals surface area (Å²) in [5.74, 6) is 2.32. The molecular weight excluding hydrogens is 336 g/mol. The number of benzene rings is 2. The number of nitriles is 1. The van der Waals surface area contributed by atoms with Gasteiger partial charge in [0.15, 0.2) is 5.16 Å². The number of nitrogens with one attached hydrogen (secondary N) is 1. The SMILES string of the molecule is COc1cc(Nc2nc(SCC#N)nc3ccccc23)cc(OC)c1. The third kappa shape index (κ3) is 3.92. The summed E-state index contributed by atoms with van der Waals surface area (Å²) < 4.78 is 10.6. The number of ether oxygens (including phenoxy) is 2. The van der Waals surface area contributed by atoms with E-state index in [4.69, 9.17) is 14.7 Å². The third-order valence-electron chi connectivity index (χ3n) is 3.46. The van der Waals surface area contributed by atoms with E-state index in [-0.39, 0.29) is 0 Å². The van der Waals surface area contributed by atoms with Gasteiger partial charge >= 0.3 is 0 Å². The maximum absolute atomic E-state index is 8.79. The number of fused-ring (bicyclic) bond motifs is 1. The quantitative estimate of drug-likeness (QED) is 0.530. The second kappa shape index (κ2) is 7.73. The summed E-state index contributed by atoms with van der Waals surface area (Å²) in [5.41, 5.74) is 1.60. The molecule has 0 spiro atoms. The van der Waals surface area contributed by atoms with Gasteiger partial charge < -0.3 is 14.8 Å². The number of thioether (sulfide) groups is 1. The van der Waals surface area contributed by atoms with Crippen LogP contribution in [0.1, 0.15) is 0 Å². The van der Waals surface area contributed by atoms with E-state index in [0.717, 1.165) is 16.6 Å². The summed E-state index contributed by atoms with van der Waals surface area (Å²) in [6, 6.07) is 15.4. The standard InChI is InChI=1S/C18H16N4O2S/c1-23-13-9-12(10-14(11-13)24-2)20-17-15-5-3-4-6-16(15)21-18(22-17)25-8-7-19/h3-6,9-11H,8H2,1-2H3,(H,20,21,22). The monoisotopic (exact) mass is 352 g/mol. The highest BCUT2D eigenvalue weighted by Gasteiger charge is 2.10. The van der Waals surface area contributed by atoms with Gasteiger partial charge in [-0.3, -0.25) is 0 Å². The first-order valence-electron chi connectivity index (χ1n) is 7.50. The summed E-state index contributed by atoms with van der Waals surface area (Å²) in [4.78, 5) is 9.05. The van der Waals surface area contributed by atoms with Crippen LogP contribution in [0.5, 0.6) is 11.5 Å². The van der Waals surface area contributed by atoms with Gasteiger partial charge in [0.2, 0.25) is 0 Å². The number of para-hydroxylation sites is 1. The normalized spacial score (nSPS) is 10.3. The lowest BCUT2D eigenvalue weighted by atomic mass is 10.2. The van der Waals surface area contributed by atoms with Crippen molar-refractivity contribution in [2.45, 2.75) is 5.16 Å². The Labute approximate surface area is 149 Å². The molecule has 0 atom stereocenters. The molecule has 0 amide bonds. The number of nitrogens with zero attached hydrogens (tertiary/aromatic N) is 3. The fourth-order valence-corrected chi connectivity index (χ4v) is 2.84. The van der Waals surface area contributed by atoms with E-state index < -0.39 is 0 Å².